The van der Waals surface area contributed by atoms with Gasteiger partial charge in [-0.1, -0.05) is 35.6 Å². The summed E-state index contributed by atoms with van der Waals surface area (Å²) in [6.07, 6.45) is 10.2. The summed E-state index contributed by atoms with van der Waals surface area (Å²) in [5.41, 5.74) is 4.15. The predicted molar refractivity (Wildman–Crippen MR) is 97.7 cm³/mol. The smallest absolute Gasteiger partial charge is 0.263 e. The number of benzene rings is 1. The number of aromatic nitrogens is 6. The minimum absolute atomic E-state index is 0.527. The van der Waals surface area contributed by atoms with Crippen LogP contribution in [0.5, 0.6) is 0 Å². The van der Waals surface area contributed by atoms with E-state index in [1.54, 1.807) is 4.68 Å². The summed E-state index contributed by atoms with van der Waals surface area (Å²) in [5, 5.41) is 9.75. The standard InChI is InChI=1S/C18H14N6OS/c1-2-6-12(7-3-1)10-24-16-15(22-23-24)17(20-11-19-16)26-18-21-13-8-4-5-9-14(13)25-18/h2,4-9,11H,1,3,10H2. The first-order valence-electron chi connectivity index (χ1n) is 8.30. The Kier molecular flexibility index (Phi) is 3.75. The van der Waals surface area contributed by atoms with Crippen LogP contribution in [0.15, 0.2) is 69.1 Å². The second-order valence-corrected chi connectivity index (χ2v) is 6.85. The highest BCUT2D eigenvalue weighted by atomic mass is 32.2. The van der Waals surface area contributed by atoms with Crippen molar-refractivity contribution in [1.29, 1.82) is 0 Å². The highest BCUT2D eigenvalue weighted by Crippen LogP contribution is 2.31. The van der Waals surface area contributed by atoms with E-state index in [-0.39, 0.29) is 0 Å². The topological polar surface area (TPSA) is 82.5 Å². The van der Waals surface area contributed by atoms with E-state index in [0.29, 0.717) is 28.0 Å². The van der Waals surface area contributed by atoms with Crippen molar-refractivity contribution in [1.82, 2.24) is 29.9 Å². The molecule has 3 aromatic heterocycles. The molecule has 1 aliphatic rings. The molecule has 0 N–H and O–H groups in total. The number of fused-ring (bicyclic) bond motifs is 2. The average molecular weight is 362 g/mol. The van der Waals surface area contributed by atoms with Crippen molar-refractivity contribution in [3.63, 3.8) is 0 Å². The van der Waals surface area contributed by atoms with Gasteiger partial charge in [0.25, 0.3) is 5.22 Å². The van der Waals surface area contributed by atoms with Gasteiger partial charge in [0.15, 0.2) is 16.7 Å². The van der Waals surface area contributed by atoms with E-state index in [2.05, 4.69) is 43.5 Å². The zero-order valence-corrected chi connectivity index (χ0v) is 14.6. The second-order valence-electron chi connectivity index (χ2n) is 5.91. The molecule has 0 atom stereocenters. The minimum Gasteiger partial charge on any atom is -0.431 e. The van der Waals surface area contributed by atoms with Crippen molar-refractivity contribution < 1.29 is 4.42 Å². The van der Waals surface area contributed by atoms with Crippen molar-refractivity contribution in [2.24, 2.45) is 0 Å². The minimum atomic E-state index is 0.527. The summed E-state index contributed by atoms with van der Waals surface area (Å²) in [7, 11) is 0. The maximum Gasteiger partial charge on any atom is 0.263 e. The van der Waals surface area contributed by atoms with Gasteiger partial charge >= 0.3 is 0 Å². The van der Waals surface area contributed by atoms with Gasteiger partial charge in [-0.3, -0.25) is 0 Å². The Balaban J connectivity index is 1.48. The molecule has 5 rings (SSSR count). The number of hydrogen-bond acceptors (Lipinski definition) is 7. The summed E-state index contributed by atoms with van der Waals surface area (Å²) < 4.78 is 7.57. The fraction of sp³-hybridized carbons (Fsp3) is 0.167. The molecule has 0 saturated heterocycles. The lowest BCUT2D eigenvalue weighted by Gasteiger charge is -2.06. The molecule has 0 aliphatic heterocycles. The van der Waals surface area contributed by atoms with Crippen LogP contribution in [-0.4, -0.2) is 29.9 Å². The number of rotatable bonds is 4. The summed E-state index contributed by atoms with van der Waals surface area (Å²) in [6.45, 7) is 0.650. The highest BCUT2D eigenvalue weighted by Gasteiger charge is 2.16. The van der Waals surface area contributed by atoms with Crippen LogP contribution in [0, 0.1) is 0 Å². The summed E-state index contributed by atoms with van der Waals surface area (Å²) >= 11 is 1.33. The van der Waals surface area contributed by atoms with Crippen molar-refractivity contribution in [3.05, 3.63) is 54.4 Å². The van der Waals surface area contributed by atoms with Crippen LogP contribution >= 0.6 is 11.8 Å². The Labute approximate surface area is 152 Å². The zero-order valence-electron chi connectivity index (χ0n) is 13.7. The first-order chi connectivity index (χ1) is 12.9. The van der Waals surface area contributed by atoms with Gasteiger partial charge in [0.05, 0.1) is 6.54 Å². The molecule has 0 radical (unpaired) electrons. The predicted octanol–water partition coefficient (Wildman–Crippen LogP) is 3.79. The maximum absolute atomic E-state index is 5.77. The fourth-order valence-corrected chi connectivity index (χ4v) is 3.66. The quantitative estimate of drug-likeness (QED) is 0.511. The molecule has 128 valence electrons. The number of hydrogen-bond donors (Lipinski definition) is 0. The summed E-state index contributed by atoms with van der Waals surface area (Å²) in [4.78, 5) is 13.2. The van der Waals surface area contributed by atoms with Gasteiger partial charge in [0, 0.05) is 0 Å². The molecule has 1 aromatic carbocycles. The van der Waals surface area contributed by atoms with Gasteiger partial charge < -0.3 is 4.42 Å². The fourth-order valence-electron chi connectivity index (χ4n) is 2.89. The van der Waals surface area contributed by atoms with E-state index in [9.17, 15) is 0 Å². The van der Waals surface area contributed by atoms with Crippen molar-refractivity contribution in [2.45, 2.75) is 29.6 Å². The normalized spacial score (nSPS) is 14.2. The van der Waals surface area contributed by atoms with Crippen LogP contribution < -0.4 is 0 Å². The van der Waals surface area contributed by atoms with Gasteiger partial charge in [-0.15, -0.1) is 5.10 Å². The molecule has 8 heteroatoms. The third kappa shape index (κ3) is 2.78. The Morgan fingerprint density at radius 1 is 1.15 bits per heavy atom. The summed E-state index contributed by atoms with van der Waals surface area (Å²) in [6, 6.07) is 7.66. The number of nitrogens with zero attached hydrogens (tertiary/aromatic N) is 6. The van der Waals surface area contributed by atoms with Gasteiger partial charge in [0.2, 0.25) is 0 Å². The molecule has 0 saturated carbocycles. The van der Waals surface area contributed by atoms with E-state index in [4.69, 9.17) is 4.42 Å². The zero-order chi connectivity index (χ0) is 17.3. The second kappa shape index (κ2) is 6.38. The lowest BCUT2D eigenvalue weighted by atomic mass is 10.1. The molecule has 0 unspecified atom stereocenters. The van der Waals surface area contributed by atoms with Crippen LogP contribution in [0.4, 0.5) is 0 Å². The first kappa shape index (κ1) is 15.3. The van der Waals surface area contributed by atoms with Gasteiger partial charge in [-0.05, 0) is 42.3 Å². The number of oxazole rings is 1. The average Bonchev–Trinajstić information content (AvgIpc) is 3.27. The maximum atomic E-state index is 5.77. The van der Waals surface area contributed by atoms with Gasteiger partial charge in [-0.25, -0.2) is 19.6 Å². The molecule has 7 nitrogen and oxygen atoms in total. The van der Waals surface area contributed by atoms with Crippen molar-refractivity contribution >= 4 is 34.0 Å². The lowest BCUT2D eigenvalue weighted by Crippen LogP contribution is -2.04. The molecule has 3 heterocycles. The van der Waals surface area contributed by atoms with Crippen LogP contribution in [0.3, 0.4) is 0 Å². The van der Waals surface area contributed by atoms with Gasteiger partial charge in [-0.2, -0.15) is 0 Å². The Morgan fingerprint density at radius 3 is 3.00 bits per heavy atom. The van der Waals surface area contributed by atoms with E-state index in [0.717, 1.165) is 23.9 Å². The molecule has 0 spiro atoms. The third-order valence-corrected chi connectivity index (χ3v) is 4.97. The molecule has 26 heavy (non-hydrogen) atoms. The van der Waals surface area contributed by atoms with E-state index < -0.39 is 0 Å². The summed E-state index contributed by atoms with van der Waals surface area (Å²) in [5.74, 6) is 0. The lowest BCUT2D eigenvalue weighted by molar-refractivity contribution is 0.489. The van der Waals surface area contributed by atoms with Crippen LogP contribution in [0.2, 0.25) is 0 Å². The number of allylic oxidation sites excluding steroid dienone is 4. The molecule has 1 aliphatic carbocycles. The number of para-hydroxylation sites is 2. The van der Waals surface area contributed by atoms with Gasteiger partial charge in [0.1, 0.15) is 16.9 Å². The molecule has 0 fully saturated rings. The molecular weight excluding hydrogens is 348 g/mol. The SMILES string of the molecule is C1=CC(Cn2nnc3c(Sc4nc5ccccc5o4)ncnc32)=CCC1. The third-order valence-electron chi connectivity index (χ3n) is 4.13. The van der Waals surface area contributed by atoms with Crippen molar-refractivity contribution in [2.75, 3.05) is 0 Å². The monoisotopic (exact) mass is 362 g/mol. The molecule has 0 bridgehead atoms. The van der Waals surface area contributed by atoms with E-state index >= 15 is 0 Å². The van der Waals surface area contributed by atoms with Crippen LogP contribution in [0.25, 0.3) is 22.3 Å². The highest BCUT2D eigenvalue weighted by molar-refractivity contribution is 7.99. The van der Waals surface area contributed by atoms with Crippen LogP contribution in [-0.2, 0) is 6.54 Å². The Morgan fingerprint density at radius 2 is 2.12 bits per heavy atom. The molecule has 4 aromatic rings. The first-order valence-corrected chi connectivity index (χ1v) is 9.12. The van der Waals surface area contributed by atoms with E-state index in [1.807, 2.05) is 24.3 Å². The van der Waals surface area contributed by atoms with Crippen LogP contribution in [0.1, 0.15) is 12.8 Å². The molecule has 0 amide bonds. The molecular formula is C18H14N6OS. The van der Waals surface area contributed by atoms with E-state index in [1.165, 1.54) is 23.7 Å². The Hall–Kier alpha value is -3.00. The Bertz CT molecular complexity index is 1130. The van der Waals surface area contributed by atoms with Crippen molar-refractivity contribution in [3.8, 4) is 0 Å². The largest absolute Gasteiger partial charge is 0.431 e.